The van der Waals surface area contributed by atoms with Crippen LogP contribution in [0, 0.1) is 0 Å². The summed E-state index contributed by atoms with van der Waals surface area (Å²) in [5, 5.41) is 6.89. The molecule has 2 aromatic heterocycles. The fourth-order valence-electron chi connectivity index (χ4n) is 1.75. The van der Waals surface area contributed by atoms with Crippen LogP contribution in [0.3, 0.4) is 0 Å². The highest BCUT2D eigenvalue weighted by atomic mass is 79.9. The Balaban J connectivity index is 1.67. The van der Waals surface area contributed by atoms with Gasteiger partial charge in [-0.2, -0.15) is 0 Å². The molecule has 106 valence electrons. The van der Waals surface area contributed by atoms with E-state index < -0.39 is 6.09 Å². The van der Waals surface area contributed by atoms with E-state index in [1.165, 1.54) is 0 Å². The smallest absolute Gasteiger partial charge is 0.413 e. The van der Waals surface area contributed by atoms with Crippen LogP contribution in [0.4, 0.5) is 10.6 Å². The van der Waals surface area contributed by atoms with Gasteiger partial charge in [-0.05, 0) is 27.6 Å². The summed E-state index contributed by atoms with van der Waals surface area (Å²) in [5.74, 6) is 0.275. The van der Waals surface area contributed by atoms with E-state index in [0.717, 1.165) is 10.0 Å². The number of rotatable bonds is 3. The number of anilines is 1. The number of fused-ring (bicyclic) bond motifs is 1. The summed E-state index contributed by atoms with van der Waals surface area (Å²) >= 11 is 3.30. The minimum atomic E-state index is -0.603. The summed E-state index contributed by atoms with van der Waals surface area (Å²) < 4.78 is 10.9. The molecule has 1 amide bonds. The standard InChI is InChI=1S/C14H10BrN3O3/c15-10-6-11-12(18-21-13(11)16-7-10)17-14(19)20-8-9-4-2-1-3-5-9/h1-7H,8H2,(H,17,18,19). The SMILES string of the molecule is O=C(Nc1noc2ncc(Br)cc12)OCc1ccccc1. The molecule has 0 bridgehead atoms. The average molecular weight is 348 g/mol. The fourth-order valence-corrected chi connectivity index (χ4v) is 2.08. The zero-order chi connectivity index (χ0) is 14.7. The quantitative estimate of drug-likeness (QED) is 0.780. The number of carbonyl (C=O) groups excluding carboxylic acids is 1. The Morgan fingerprint density at radius 1 is 1.33 bits per heavy atom. The van der Waals surface area contributed by atoms with Crippen LogP contribution in [0.5, 0.6) is 0 Å². The first kappa shape index (κ1) is 13.6. The monoisotopic (exact) mass is 347 g/mol. The Hall–Kier alpha value is -2.41. The summed E-state index contributed by atoms with van der Waals surface area (Å²) in [6, 6.07) is 11.2. The number of carbonyl (C=O) groups is 1. The number of halogens is 1. The number of nitrogens with one attached hydrogen (secondary N) is 1. The number of ether oxygens (including phenoxy) is 1. The lowest BCUT2D eigenvalue weighted by atomic mass is 10.2. The van der Waals surface area contributed by atoms with Gasteiger partial charge in [0.05, 0.1) is 5.39 Å². The van der Waals surface area contributed by atoms with Crippen molar-refractivity contribution in [1.29, 1.82) is 0 Å². The minimum Gasteiger partial charge on any atom is -0.444 e. The molecule has 0 saturated carbocycles. The lowest BCUT2D eigenvalue weighted by molar-refractivity contribution is 0.155. The van der Waals surface area contributed by atoms with E-state index in [1.807, 2.05) is 30.3 Å². The highest BCUT2D eigenvalue weighted by Gasteiger charge is 2.13. The van der Waals surface area contributed by atoms with E-state index in [4.69, 9.17) is 9.26 Å². The molecule has 2 heterocycles. The Labute approximate surface area is 128 Å². The molecule has 0 atom stereocenters. The lowest BCUT2D eigenvalue weighted by Gasteiger charge is -2.04. The third kappa shape index (κ3) is 3.19. The lowest BCUT2D eigenvalue weighted by Crippen LogP contribution is -2.13. The molecule has 7 heteroatoms. The van der Waals surface area contributed by atoms with Gasteiger partial charge in [-0.25, -0.2) is 9.78 Å². The normalized spacial score (nSPS) is 10.5. The molecule has 0 unspecified atom stereocenters. The topological polar surface area (TPSA) is 77.3 Å². The summed E-state index contributed by atoms with van der Waals surface area (Å²) in [4.78, 5) is 15.8. The third-order valence-corrected chi connectivity index (χ3v) is 3.16. The number of aromatic nitrogens is 2. The highest BCUT2D eigenvalue weighted by molar-refractivity contribution is 9.10. The van der Waals surface area contributed by atoms with E-state index in [9.17, 15) is 4.79 Å². The molecule has 0 spiro atoms. The molecule has 1 N–H and O–H groups in total. The van der Waals surface area contributed by atoms with Crippen LogP contribution in [-0.2, 0) is 11.3 Å². The first-order valence-electron chi connectivity index (χ1n) is 6.11. The maximum atomic E-state index is 11.8. The third-order valence-electron chi connectivity index (χ3n) is 2.73. The molecule has 0 saturated heterocycles. The Morgan fingerprint density at radius 2 is 2.14 bits per heavy atom. The number of nitrogens with zero attached hydrogens (tertiary/aromatic N) is 2. The molecule has 0 fully saturated rings. The maximum Gasteiger partial charge on any atom is 0.413 e. The second-order valence-corrected chi connectivity index (χ2v) is 5.14. The van der Waals surface area contributed by atoms with Crippen LogP contribution in [0.25, 0.3) is 11.1 Å². The largest absolute Gasteiger partial charge is 0.444 e. The van der Waals surface area contributed by atoms with Gasteiger partial charge in [0.2, 0.25) is 0 Å². The highest BCUT2D eigenvalue weighted by Crippen LogP contribution is 2.24. The van der Waals surface area contributed by atoms with Gasteiger partial charge in [-0.15, -0.1) is 0 Å². The zero-order valence-electron chi connectivity index (χ0n) is 10.7. The van der Waals surface area contributed by atoms with Crippen LogP contribution >= 0.6 is 15.9 Å². The zero-order valence-corrected chi connectivity index (χ0v) is 12.3. The van der Waals surface area contributed by atoms with E-state index in [-0.39, 0.29) is 12.4 Å². The predicted octanol–water partition coefficient (Wildman–Crippen LogP) is 3.73. The van der Waals surface area contributed by atoms with Crippen LogP contribution in [-0.4, -0.2) is 16.2 Å². The van der Waals surface area contributed by atoms with Gasteiger partial charge in [0.1, 0.15) is 6.61 Å². The van der Waals surface area contributed by atoms with Crippen molar-refractivity contribution in [3.05, 3.63) is 52.6 Å². The maximum absolute atomic E-state index is 11.8. The second-order valence-electron chi connectivity index (χ2n) is 4.22. The van der Waals surface area contributed by atoms with Crippen LogP contribution < -0.4 is 5.32 Å². The van der Waals surface area contributed by atoms with Crippen molar-refractivity contribution in [3.8, 4) is 0 Å². The van der Waals surface area contributed by atoms with E-state index >= 15 is 0 Å². The molecule has 6 nitrogen and oxygen atoms in total. The average Bonchev–Trinajstić information content (AvgIpc) is 2.88. The molecule has 0 aliphatic heterocycles. The number of hydrogen-bond donors (Lipinski definition) is 1. The van der Waals surface area contributed by atoms with Crippen molar-refractivity contribution in [2.75, 3.05) is 5.32 Å². The molecule has 0 aliphatic carbocycles. The van der Waals surface area contributed by atoms with Crippen molar-refractivity contribution < 1.29 is 14.1 Å². The van der Waals surface area contributed by atoms with Gasteiger partial charge in [-0.3, -0.25) is 5.32 Å². The molecular formula is C14H10BrN3O3. The minimum absolute atomic E-state index is 0.185. The number of hydrogen-bond acceptors (Lipinski definition) is 5. The Morgan fingerprint density at radius 3 is 2.95 bits per heavy atom. The van der Waals surface area contributed by atoms with Gasteiger partial charge in [-0.1, -0.05) is 35.5 Å². The van der Waals surface area contributed by atoms with Crippen molar-refractivity contribution in [3.63, 3.8) is 0 Å². The van der Waals surface area contributed by atoms with Gasteiger partial charge >= 0.3 is 6.09 Å². The van der Waals surface area contributed by atoms with Crippen LogP contribution in [0.1, 0.15) is 5.56 Å². The molecule has 0 radical (unpaired) electrons. The number of pyridine rings is 1. The van der Waals surface area contributed by atoms with E-state index in [2.05, 4.69) is 31.4 Å². The van der Waals surface area contributed by atoms with Crippen molar-refractivity contribution >= 4 is 38.9 Å². The van der Waals surface area contributed by atoms with Crippen molar-refractivity contribution in [2.45, 2.75) is 6.61 Å². The van der Waals surface area contributed by atoms with Gasteiger partial charge < -0.3 is 9.26 Å². The summed E-state index contributed by atoms with van der Waals surface area (Å²) in [7, 11) is 0. The first-order valence-corrected chi connectivity index (χ1v) is 6.90. The molecular weight excluding hydrogens is 338 g/mol. The van der Waals surface area contributed by atoms with Crippen molar-refractivity contribution in [1.82, 2.24) is 10.1 Å². The van der Waals surface area contributed by atoms with Crippen LogP contribution in [0.2, 0.25) is 0 Å². The number of benzene rings is 1. The Bertz CT molecular complexity index is 773. The molecule has 3 rings (SSSR count). The van der Waals surface area contributed by atoms with E-state index in [0.29, 0.717) is 11.1 Å². The molecule has 0 aliphatic rings. The van der Waals surface area contributed by atoms with E-state index in [1.54, 1.807) is 12.3 Å². The summed E-state index contributed by atoms with van der Waals surface area (Å²) in [6.45, 7) is 0.185. The predicted molar refractivity (Wildman–Crippen MR) is 79.8 cm³/mol. The first-order chi connectivity index (χ1) is 10.2. The van der Waals surface area contributed by atoms with Crippen molar-refractivity contribution in [2.24, 2.45) is 0 Å². The molecule has 1 aromatic carbocycles. The number of amides is 1. The van der Waals surface area contributed by atoms with Gasteiger partial charge in [0.25, 0.3) is 5.71 Å². The fraction of sp³-hybridized carbons (Fsp3) is 0.0714. The second kappa shape index (κ2) is 5.92. The van der Waals surface area contributed by atoms with Gasteiger partial charge in [0.15, 0.2) is 5.82 Å². The van der Waals surface area contributed by atoms with Gasteiger partial charge in [0, 0.05) is 10.7 Å². The molecule has 21 heavy (non-hydrogen) atoms. The summed E-state index contributed by atoms with van der Waals surface area (Å²) in [6.07, 6.45) is 0.986. The molecule has 3 aromatic rings. The van der Waals surface area contributed by atoms with Crippen LogP contribution in [0.15, 0.2) is 51.6 Å². The summed E-state index contributed by atoms with van der Waals surface area (Å²) in [5.41, 5.74) is 1.25. The Kier molecular flexibility index (Phi) is 3.83.